The van der Waals surface area contributed by atoms with Crippen LogP contribution >= 0.6 is 11.6 Å². The molecule has 2 aromatic heterocycles. The van der Waals surface area contributed by atoms with E-state index >= 15 is 0 Å². The second-order valence-electron chi connectivity index (χ2n) is 4.51. The van der Waals surface area contributed by atoms with E-state index in [0.717, 1.165) is 0 Å². The van der Waals surface area contributed by atoms with Gasteiger partial charge in [-0.05, 0) is 29.5 Å². The molecule has 104 valence electrons. The predicted molar refractivity (Wildman–Crippen MR) is 73.0 cm³/mol. The minimum Gasteiger partial charge on any atom is -0.437 e. The van der Waals surface area contributed by atoms with Crippen LogP contribution in [0.2, 0.25) is 5.02 Å². The molecule has 1 aromatic carbocycles. The Balaban J connectivity index is 1.90. The summed E-state index contributed by atoms with van der Waals surface area (Å²) in [5, 5.41) is 24.6. The number of H-pyrrole nitrogens is 1. The third-order valence-electron chi connectivity index (χ3n) is 3.26. The molecule has 0 radical (unpaired) electrons. The Morgan fingerprint density at radius 1 is 1.29 bits per heavy atom. The Kier molecular flexibility index (Phi) is 2.63. The molecule has 8 heteroatoms. The zero-order valence-electron chi connectivity index (χ0n) is 10.5. The number of hydrogen-bond donors (Lipinski definition) is 2. The SMILES string of the molecule is OC1c2cccnc2Oc2c(Cl)cc(-c3nn[nH]n3)cc21. The first kappa shape index (κ1) is 12.2. The lowest BCUT2D eigenvalue weighted by Crippen LogP contribution is -2.11. The summed E-state index contributed by atoms with van der Waals surface area (Å²) in [5.74, 6) is 1.14. The number of pyridine rings is 1. The van der Waals surface area contributed by atoms with E-state index < -0.39 is 6.10 Å². The summed E-state index contributed by atoms with van der Waals surface area (Å²) in [5.41, 5.74) is 1.77. The van der Waals surface area contributed by atoms with E-state index in [-0.39, 0.29) is 0 Å². The lowest BCUT2D eigenvalue weighted by atomic mass is 9.97. The van der Waals surface area contributed by atoms with Gasteiger partial charge in [-0.1, -0.05) is 11.6 Å². The molecule has 7 nitrogen and oxygen atoms in total. The van der Waals surface area contributed by atoms with Gasteiger partial charge in [-0.2, -0.15) is 5.21 Å². The smallest absolute Gasteiger partial charge is 0.225 e. The Bertz CT molecular complexity index is 821. The van der Waals surface area contributed by atoms with Gasteiger partial charge in [0.2, 0.25) is 11.7 Å². The van der Waals surface area contributed by atoms with Crippen molar-refractivity contribution < 1.29 is 9.84 Å². The Morgan fingerprint density at radius 2 is 2.19 bits per heavy atom. The van der Waals surface area contributed by atoms with Crippen LogP contribution in [0.25, 0.3) is 11.4 Å². The number of halogens is 1. The normalized spacial score (nSPS) is 16.0. The van der Waals surface area contributed by atoms with Crippen LogP contribution in [0.5, 0.6) is 11.6 Å². The highest BCUT2D eigenvalue weighted by Gasteiger charge is 2.29. The molecule has 0 amide bonds. The fourth-order valence-electron chi connectivity index (χ4n) is 2.30. The van der Waals surface area contributed by atoms with Gasteiger partial charge in [0, 0.05) is 22.9 Å². The van der Waals surface area contributed by atoms with Crippen molar-refractivity contribution in [3.05, 3.63) is 46.6 Å². The fourth-order valence-corrected chi connectivity index (χ4v) is 2.56. The lowest BCUT2D eigenvalue weighted by Gasteiger charge is -2.24. The average molecular weight is 302 g/mol. The number of nitrogens with one attached hydrogen (secondary N) is 1. The largest absolute Gasteiger partial charge is 0.437 e. The van der Waals surface area contributed by atoms with Crippen LogP contribution in [-0.2, 0) is 0 Å². The molecule has 1 aliphatic heterocycles. The summed E-state index contributed by atoms with van der Waals surface area (Å²) < 4.78 is 5.68. The average Bonchev–Trinajstić information content (AvgIpc) is 3.03. The number of benzene rings is 1. The zero-order valence-corrected chi connectivity index (χ0v) is 11.2. The Hall–Kier alpha value is -2.51. The van der Waals surface area contributed by atoms with Crippen molar-refractivity contribution in [1.82, 2.24) is 25.6 Å². The maximum atomic E-state index is 10.5. The molecule has 1 atom stereocenters. The highest BCUT2D eigenvalue weighted by molar-refractivity contribution is 6.32. The minimum atomic E-state index is -0.873. The quantitative estimate of drug-likeness (QED) is 0.714. The first-order chi connectivity index (χ1) is 10.2. The third-order valence-corrected chi connectivity index (χ3v) is 3.55. The number of rotatable bonds is 1. The molecular formula is C13H8ClN5O2. The Morgan fingerprint density at radius 3 is 3.00 bits per heavy atom. The fraction of sp³-hybridized carbons (Fsp3) is 0.0769. The van der Waals surface area contributed by atoms with Gasteiger partial charge in [0.05, 0.1) is 5.02 Å². The number of aliphatic hydroxyl groups excluding tert-OH is 1. The molecule has 4 rings (SSSR count). The van der Waals surface area contributed by atoms with Gasteiger partial charge >= 0.3 is 0 Å². The molecule has 21 heavy (non-hydrogen) atoms. The van der Waals surface area contributed by atoms with Crippen LogP contribution in [0.4, 0.5) is 0 Å². The van der Waals surface area contributed by atoms with E-state index in [2.05, 4.69) is 25.6 Å². The lowest BCUT2D eigenvalue weighted by molar-refractivity contribution is 0.201. The topological polar surface area (TPSA) is 96.8 Å². The number of nitrogens with zero attached hydrogens (tertiary/aromatic N) is 4. The molecule has 1 unspecified atom stereocenters. The van der Waals surface area contributed by atoms with Gasteiger partial charge in [0.1, 0.15) is 6.10 Å². The van der Waals surface area contributed by atoms with E-state index in [4.69, 9.17) is 16.3 Å². The standard InChI is InChI=1S/C13H8ClN5O2/c14-9-5-6(12-16-18-19-17-12)4-8-10(20)7-2-1-3-15-13(7)21-11(8)9/h1-5,10,20H,(H,16,17,18,19). The first-order valence-corrected chi connectivity index (χ1v) is 6.50. The number of fused-ring (bicyclic) bond motifs is 2. The molecule has 2 N–H and O–H groups in total. The molecular weight excluding hydrogens is 294 g/mol. The van der Waals surface area contributed by atoms with Gasteiger partial charge in [-0.3, -0.25) is 0 Å². The van der Waals surface area contributed by atoms with Crippen molar-refractivity contribution in [2.24, 2.45) is 0 Å². The second kappa shape index (κ2) is 4.51. The number of hydrogen-bond acceptors (Lipinski definition) is 6. The number of aromatic amines is 1. The molecule has 1 aliphatic rings. The molecule has 3 aromatic rings. The molecule has 3 heterocycles. The van der Waals surface area contributed by atoms with Crippen molar-refractivity contribution in [1.29, 1.82) is 0 Å². The molecule has 0 saturated heterocycles. The maximum Gasteiger partial charge on any atom is 0.225 e. The first-order valence-electron chi connectivity index (χ1n) is 6.12. The van der Waals surface area contributed by atoms with Gasteiger partial charge in [0.25, 0.3) is 0 Å². The van der Waals surface area contributed by atoms with E-state index in [1.807, 2.05) is 0 Å². The summed E-state index contributed by atoms with van der Waals surface area (Å²) >= 11 is 6.25. The highest BCUT2D eigenvalue weighted by Crippen LogP contribution is 2.46. The number of tetrazole rings is 1. The van der Waals surface area contributed by atoms with Crippen molar-refractivity contribution in [2.75, 3.05) is 0 Å². The zero-order chi connectivity index (χ0) is 14.4. The number of ether oxygens (including phenoxy) is 1. The second-order valence-corrected chi connectivity index (χ2v) is 4.92. The Labute approximate surface area is 123 Å². The molecule has 0 bridgehead atoms. The van der Waals surface area contributed by atoms with E-state index in [0.29, 0.717) is 39.2 Å². The molecule has 0 spiro atoms. The number of aliphatic hydroxyl groups is 1. The molecule has 0 fully saturated rings. The van der Waals surface area contributed by atoms with Crippen molar-refractivity contribution in [2.45, 2.75) is 6.10 Å². The summed E-state index contributed by atoms with van der Waals surface area (Å²) in [6.07, 6.45) is 0.722. The van der Waals surface area contributed by atoms with Gasteiger partial charge in [0.15, 0.2) is 5.75 Å². The van der Waals surface area contributed by atoms with E-state index in [9.17, 15) is 5.11 Å². The summed E-state index contributed by atoms with van der Waals surface area (Å²) in [6.45, 7) is 0. The summed E-state index contributed by atoms with van der Waals surface area (Å²) in [7, 11) is 0. The van der Waals surface area contributed by atoms with Gasteiger partial charge in [-0.15, -0.1) is 10.2 Å². The van der Waals surface area contributed by atoms with E-state index in [1.165, 1.54) is 0 Å². The van der Waals surface area contributed by atoms with Crippen LogP contribution in [0, 0.1) is 0 Å². The van der Waals surface area contributed by atoms with Crippen molar-refractivity contribution in [3.8, 4) is 23.0 Å². The van der Waals surface area contributed by atoms with Crippen molar-refractivity contribution in [3.63, 3.8) is 0 Å². The molecule has 0 aliphatic carbocycles. The van der Waals surface area contributed by atoms with Crippen LogP contribution in [0.3, 0.4) is 0 Å². The number of aromatic nitrogens is 5. The highest BCUT2D eigenvalue weighted by atomic mass is 35.5. The van der Waals surface area contributed by atoms with Gasteiger partial charge in [-0.25, -0.2) is 4.98 Å². The van der Waals surface area contributed by atoms with Crippen molar-refractivity contribution >= 4 is 11.6 Å². The van der Waals surface area contributed by atoms with Crippen LogP contribution in [-0.4, -0.2) is 30.7 Å². The maximum absolute atomic E-state index is 10.5. The van der Waals surface area contributed by atoms with Gasteiger partial charge < -0.3 is 9.84 Å². The molecule has 0 saturated carbocycles. The van der Waals surface area contributed by atoms with Crippen LogP contribution in [0.15, 0.2) is 30.5 Å². The summed E-state index contributed by atoms with van der Waals surface area (Å²) in [6, 6.07) is 6.88. The van der Waals surface area contributed by atoms with E-state index in [1.54, 1.807) is 30.5 Å². The summed E-state index contributed by atoms with van der Waals surface area (Å²) in [4.78, 5) is 4.10. The van der Waals surface area contributed by atoms with Crippen LogP contribution < -0.4 is 4.74 Å². The van der Waals surface area contributed by atoms with Crippen LogP contribution in [0.1, 0.15) is 17.2 Å². The predicted octanol–water partition coefficient (Wildman–Crippen LogP) is 2.10. The monoisotopic (exact) mass is 301 g/mol. The third kappa shape index (κ3) is 1.86. The minimum absolute atomic E-state index is 0.350.